The molecule has 0 aliphatic carbocycles. The maximum absolute atomic E-state index is 6.13. The molecule has 0 unspecified atom stereocenters. The third kappa shape index (κ3) is 4.67. The molecule has 0 saturated carbocycles. The van der Waals surface area contributed by atoms with Crippen molar-refractivity contribution in [1.29, 1.82) is 0 Å². The van der Waals surface area contributed by atoms with Crippen molar-refractivity contribution in [1.82, 2.24) is 0 Å². The van der Waals surface area contributed by atoms with Crippen molar-refractivity contribution in [2.24, 2.45) is 0 Å². The van der Waals surface area contributed by atoms with E-state index in [0.29, 0.717) is 0 Å². The summed E-state index contributed by atoms with van der Waals surface area (Å²) in [5.41, 5.74) is 2.40. The van der Waals surface area contributed by atoms with Gasteiger partial charge in [0.25, 0.3) is 0 Å². The third-order valence-electron chi connectivity index (χ3n) is 6.96. The Kier molecular flexibility index (Phi) is 6.94. The van der Waals surface area contributed by atoms with Crippen LogP contribution in [0.25, 0.3) is 0 Å². The van der Waals surface area contributed by atoms with Gasteiger partial charge in [0.2, 0.25) is 0 Å². The molecule has 182 valence electrons. The van der Waals surface area contributed by atoms with E-state index in [4.69, 9.17) is 4.74 Å². The minimum atomic E-state index is -2.61. The van der Waals surface area contributed by atoms with Gasteiger partial charge in [-0.3, -0.25) is 0 Å². The van der Waals surface area contributed by atoms with Crippen LogP contribution in [-0.2, 0) is 10.8 Å². The van der Waals surface area contributed by atoms with E-state index < -0.39 is 7.26 Å². The van der Waals surface area contributed by atoms with Crippen molar-refractivity contribution >= 4 is 28.5 Å². The van der Waals surface area contributed by atoms with Gasteiger partial charge in [0, 0.05) is 0 Å². The second kappa shape index (κ2) is 9.63. The fourth-order valence-electron chi connectivity index (χ4n) is 5.24. The van der Waals surface area contributed by atoms with Gasteiger partial charge in [-0.15, -0.1) is 0 Å². The molecule has 0 bridgehead atoms. The van der Waals surface area contributed by atoms with E-state index >= 15 is 0 Å². The van der Waals surface area contributed by atoms with Crippen molar-refractivity contribution in [3.8, 4) is 5.75 Å². The molecule has 2 heteroatoms. The summed E-state index contributed by atoms with van der Waals surface area (Å²) in [5, 5.41) is 5.57. The van der Waals surface area contributed by atoms with Gasteiger partial charge in [0.15, 0.2) is 0 Å². The molecule has 4 aromatic carbocycles. The Balaban J connectivity index is 2.24. The van der Waals surface area contributed by atoms with Crippen molar-refractivity contribution in [2.45, 2.75) is 52.4 Å². The molecule has 1 nitrogen and oxygen atoms in total. The van der Waals surface area contributed by atoms with Crippen molar-refractivity contribution in [3.63, 3.8) is 0 Å². The molecular weight excluding hydrogens is 443 g/mol. The molecule has 0 radical (unpaired) electrons. The van der Waals surface area contributed by atoms with Crippen LogP contribution in [0, 0.1) is 0 Å². The van der Waals surface area contributed by atoms with Crippen molar-refractivity contribution in [3.05, 3.63) is 114 Å². The number of hydrogen-bond donors (Lipinski definition) is 0. The third-order valence-corrected chi connectivity index (χ3v) is 11.7. The van der Waals surface area contributed by atoms with E-state index in [-0.39, 0.29) is 10.8 Å². The maximum atomic E-state index is 6.13. The van der Waals surface area contributed by atoms with Crippen LogP contribution < -0.4 is 26.0 Å². The first-order valence-electron chi connectivity index (χ1n) is 12.5. The Morgan fingerprint density at radius 2 is 0.800 bits per heavy atom. The zero-order chi connectivity index (χ0) is 25.3. The quantitative estimate of drug-likeness (QED) is 0.290. The second-order valence-corrected chi connectivity index (χ2v) is 15.3. The Bertz CT molecular complexity index is 1130. The Morgan fingerprint density at radius 1 is 0.486 bits per heavy atom. The SMILES string of the molecule is COc1c(C(C)(C)C)cc([PH](c2ccccc2)(c2ccccc2)c2ccccc2)cc1C(C)(C)C. The number of hydrogen-bond acceptors (Lipinski definition) is 1. The van der Waals surface area contributed by atoms with E-state index in [1.807, 2.05) is 7.11 Å². The predicted molar refractivity (Wildman–Crippen MR) is 157 cm³/mol. The van der Waals surface area contributed by atoms with Crippen molar-refractivity contribution < 1.29 is 4.74 Å². The van der Waals surface area contributed by atoms with Gasteiger partial charge in [0.05, 0.1) is 0 Å². The van der Waals surface area contributed by atoms with Crippen molar-refractivity contribution in [2.75, 3.05) is 7.11 Å². The average Bonchev–Trinajstić information content (AvgIpc) is 2.85. The molecule has 0 saturated heterocycles. The number of methoxy groups -OCH3 is 1. The number of rotatable bonds is 5. The van der Waals surface area contributed by atoms with Gasteiger partial charge in [-0.2, -0.15) is 0 Å². The van der Waals surface area contributed by atoms with E-state index in [0.717, 1.165) is 5.75 Å². The monoisotopic (exact) mass is 482 g/mol. The summed E-state index contributed by atoms with van der Waals surface area (Å²) in [5.74, 6) is 1.02. The van der Waals surface area contributed by atoms with E-state index in [2.05, 4.69) is 145 Å². The average molecular weight is 483 g/mol. The molecule has 0 spiro atoms. The predicted octanol–water partition coefficient (Wildman–Crippen LogP) is 6.64. The van der Waals surface area contributed by atoms with Crippen LogP contribution in [-0.4, -0.2) is 7.11 Å². The van der Waals surface area contributed by atoms with Crippen LogP contribution in [0.5, 0.6) is 5.75 Å². The molecule has 0 atom stereocenters. The molecule has 4 rings (SSSR count). The molecule has 0 fully saturated rings. The molecule has 0 aromatic heterocycles. The van der Waals surface area contributed by atoms with Gasteiger partial charge in [-0.05, 0) is 0 Å². The summed E-state index contributed by atoms with van der Waals surface area (Å²) in [6.07, 6.45) is 0. The van der Waals surface area contributed by atoms with E-state index in [9.17, 15) is 0 Å². The Labute approximate surface area is 212 Å². The zero-order valence-corrected chi connectivity index (χ0v) is 23.2. The molecular formula is C33H39OP. The summed E-state index contributed by atoms with van der Waals surface area (Å²) in [6.45, 7) is 13.7. The molecule has 0 aliphatic heterocycles. The summed E-state index contributed by atoms with van der Waals surface area (Å²) in [4.78, 5) is 0. The zero-order valence-electron chi connectivity index (χ0n) is 22.2. The normalized spacial score (nSPS) is 12.9. The second-order valence-electron chi connectivity index (χ2n) is 11.5. The van der Waals surface area contributed by atoms with E-state index in [1.54, 1.807) is 0 Å². The summed E-state index contributed by atoms with van der Waals surface area (Å²) in [6, 6.07) is 38.3. The van der Waals surface area contributed by atoms with Gasteiger partial charge in [-0.1, -0.05) is 0 Å². The first kappa shape index (κ1) is 25.2. The van der Waals surface area contributed by atoms with Crippen LogP contribution in [0.15, 0.2) is 103 Å². The van der Waals surface area contributed by atoms with Crippen LogP contribution in [0.2, 0.25) is 0 Å². The molecule has 0 heterocycles. The minimum absolute atomic E-state index is 0.0639. The van der Waals surface area contributed by atoms with Gasteiger partial charge >= 0.3 is 213 Å². The molecule has 0 aliphatic rings. The first-order valence-corrected chi connectivity index (χ1v) is 14.5. The Hall–Kier alpha value is -2.89. The Morgan fingerprint density at radius 3 is 1.06 bits per heavy atom. The van der Waals surface area contributed by atoms with Crippen LogP contribution >= 0.6 is 7.26 Å². The number of ether oxygens (including phenoxy) is 1. The van der Waals surface area contributed by atoms with E-state index in [1.165, 1.54) is 32.3 Å². The fourth-order valence-corrected chi connectivity index (χ4v) is 10.0. The van der Waals surface area contributed by atoms with Crippen LogP contribution in [0.3, 0.4) is 0 Å². The molecule has 4 aromatic rings. The molecule has 35 heavy (non-hydrogen) atoms. The summed E-state index contributed by atoms with van der Waals surface area (Å²) in [7, 11) is -0.796. The standard InChI is InChI=1S/C33H39OP/c1-32(2,3)29-23-28(24-30(31(29)34-7)33(4,5)6)35(25-17-11-8-12-18-25,26-19-13-9-14-20-26)27-21-15-10-16-22-27/h8-24,35H,1-7H3. The van der Waals surface area contributed by atoms with Gasteiger partial charge in [0.1, 0.15) is 0 Å². The van der Waals surface area contributed by atoms with Crippen LogP contribution in [0.4, 0.5) is 0 Å². The van der Waals surface area contributed by atoms with Gasteiger partial charge < -0.3 is 0 Å². The fraction of sp³-hybridized carbons (Fsp3) is 0.273. The van der Waals surface area contributed by atoms with Gasteiger partial charge in [-0.25, -0.2) is 0 Å². The first-order chi connectivity index (χ1) is 16.6. The summed E-state index contributed by atoms with van der Waals surface area (Å²) < 4.78 is 6.13. The number of benzene rings is 4. The topological polar surface area (TPSA) is 9.23 Å². The van der Waals surface area contributed by atoms with Crippen LogP contribution in [0.1, 0.15) is 52.7 Å². The molecule has 0 N–H and O–H groups in total. The molecule has 0 amide bonds. The summed E-state index contributed by atoms with van der Waals surface area (Å²) >= 11 is 0.